The number of aliphatic carboxylic acids is 1. The fourth-order valence-corrected chi connectivity index (χ4v) is 2.58. The summed E-state index contributed by atoms with van der Waals surface area (Å²) in [5.41, 5.74) is 0. The Bertz CT molecular complexity index is 542. The standard InChI is InChI=1S/C11H15NO6S/c1-17-8-5-3-4-6-10(8)19(15,16)12-7-9(18-2)11(13)14/h3-6,9,12H,7H2,1-2H3,(H,13,14). The summed E-state index contributed by atoms with van der Waals surface area (Å²) in [6, 6.07) is 6.04. The Kier molecular flexibility index (Phi) is 5.28. The van der Waals surface area contributed by atoms with Crippen LogP contribution in [0.3, 0.4) is 0 Å². The minimum atomic E-state index is -3.86. The van der Waals surface area contributed by atoms with Crippen LogP contribution in [0.2, 0.25) is 0 Å². The van der Waals surface area contributed by atoms with Crippen LogP contribution in [0.1, 0.15) is 0 Å². The summed E-state index contributed by atoms with van der Waals surface area (Å²) in [6.45, 7) is -0.369. The SMILES string of the molecule is COc1ccccc1S(=O)(=O)NCC(OC)C(=O)O. The highest BCUT2D eigenvalue weighted by Gasteiger charge is 2.23. The van der Waals surface area contributed by atoms with E-state index in [9.17, 15) is 13.2 Å². The van der Waals surface area contributed by atoms with E-state index in [1.165, 1.54) is 26.4 Å². The molecule has 0 amide bonds. The predicted octanol–water partition coefficient (Wildman–Crippen LogP) is 0.0731. The molecule has 0 heterocycles. The van der Waals surface area contributed by atoms with Gasteiger partial charge in [0.15, 0.2) is 6.10 Å². The Balaban J connectivity index is 2.90. The Morgan fingerprint density at radius 2 is 2.00 bits per heavy atom. The summed E-state index contributed by atoms with van der Waals surface area (Å²) >= 11 is 0. The quantitative estimate of drug-likeness (QED) is 0.736. The maximum atomic E-state index is 12.0. The molecule has 8 heteroatoms. The molecule has 1 atom stereocenters. The lowest BCUT2D eigenvalue weighted by Crippen LogP contribution is -2.37. The largest absolute Gasteiger partial charge is 0.495 e. The molecule has 0 aliphatic heterocycles. The zero-order chi connectivity index (χ0) is 14.5. The van der Waals surface area contributed by atoms with Crippen molar-refractivity contribution in [3.63, 3.8) is 0 Å². The van der Waals surface area contributed by atoms with Crippen LogP contribution in [0.5, 0.6) is 5.75 Å². The van der Waals surface area contributed by atoms with Crippen LogP contribution in [0.4, 0.5) is 0 Å². The molecule has 0 aliphatic carbocycles. The number of hydrogen-bond donors (Lipinski definition) is 2. The van der Waals surface area contributed by atoms with Crippen LogP contribution < -0.4 is 9.46 Å². The van der Waals surface area contributed by atoms with Crippen LogP contribution >= 0.6 is 0 Å². The number of sulfonamides is 1. The summed E-state index contributed by atoms with van der Waals surface area (Å²) < 4.78 is 35.8. The van der Waals surface area contributed by atoms with Gasteiger partial charge in [0.1, 0.15) is 10.6 Å². The van der Waals surface area contributed by atoms with Crippen molar-refractivity contribution >= 4 is 16.0 Å². The van der Waals surface area contributed by atoms with Crippen molar-refractivity contribution in [2.75, 3.05) is 20.8 Å². The molecule has 1 rings (SSSR count). The molecule has 106 valence electrons. The second-order valence-electron chi connectivity index (χ2n) is 3.57. The summed E-state index contributed by atoms with van der Waals surface area (Å²) in [5, 5.41) is 8.76. The number of hydrogen-bond acceptors (Lipinski definition) is 5. The second-order valence-corrected chi connectivity index (χ2v) is 5.30. The number of ether oxygens (including phenoxy) is 2. The number of benzene rings is 1. The van der Waals surface area contributed by atoms with Gasteiger partial charge in [-0.3, -0.25) is 0 Å². The Morgan fingerprint density at radius 3 is 2.53 bits per heavy atom. The third-order valence-electron chi connectivity index (χ3n) is 2.38. The van der Waals surface area contributed by atoms with Gasteiger partial charge in [0.25, 0.3) is 0 Å². The highest BCUT2D eigenvalue weighted by atomic mass is 32.2. The van der Waals surface area contributed by atoms with Crippen LogP contribution in [0, 0.1) is 0 Å². The summed E-state index contributed by atoms with van der Waals surface area (Å²) in [7, 11) is -1.32. The van der Waals surface area contributed by atoms with Gasteiger partial charge in [-0.25, -0.2) is 17.9 Å². The van der Waals surface area contributed by atoms with E-state index in [1.807, 2.05) is 0 Å². The molecule has 7 nitrogen and oxygen atoms in total. The third-order valence-corrected chi connectivity index (χ3v) is 3.84. The molecule has 1 unspecified atom stereocenters. The highest BCUT2D eigenvalue weighted by molar-refractivity contribution is 7.89. The average Bonchev–Trinajstić information content (AvgIpc) is 2.38. The van der Waals surface area contributed by atoms with Crippen LogP contribution in [-0.4, -0.2) is 46.4 Å². The fourth-order valence-electron chi connectivity index (χ4n) is 1.38. The molecule has 0 fully saturated rings. The van der Waals surface area contributed by atoms with Gasteiger partial charge in [-0.1, -0.05) is 12.1 Å². The molecule has 0 radical (unpaired) electrons. The molecule has 2 N–H and O–H groups in total. The normalized spacial score (nSPS) is 12.9. The van der Waals surface area contributed by atoms with Gasteiger partial charge >= 0.3 is 5.97 Å². The zero-order valence-corrected chi connectivity index (χ0v) is 11.3. The fraction of sp³-hybridized carbons (Fsp3) is 0.364. The van der Waals surface area contributed by atoms with E-state index in [0.29, 0.717) is 0 Å². The summed E-state index contributed by atoms with van der Waals surface area (Å²) in [6.07, 6.45) is -1.25. The van der Waals surface area contributed by atoms with Gasteiger partial charge < -0.3 is 14.6 Å². The van der Waals surface area contributed by atoms with Gasteiger partial charge in [0, 0.05) is 13.7 Å². The maximum absolute atomic E-state index is 12.0. The summed E-state index contributed by atoms with van der Waals surface area (Å²) in [5.74, 6) is -1.07. The van der Waals surface area contributed by atoms with E-state index in [4.69, 9.17) is 9.84 Å². The van der Waals surface area contributed by atoms with E-state index in [1.54, 1.807) is 12.1 Å². The topological polar surface area (TPSA) is 102 Å². The first-order chi connectivity index (χ1) is 8.92. The highest BCUT2D eigenvalue weighted by Crippen LogP contribution is 2.22. The molecule has 0 saturated heterocycles. The first-order valence-electron chi connectivity index (χ1n) is 5.30. The Morgan fingerprint density at radius 1 is 1.37 bits per heavy atom. The molecule has 0 bridgehead atoms. The number of carbonyl (C=O) groups is 1. The van der Waals surface area contributed by atoms with E-state index < -0.39 is 22.1 Å². The second kappa shape index (κ2) is 6.50. The number of carboxylic acid groups (broad SMARTS) is 1. The molecule has 0 aliphatic rings. The van der Waals surface area contributed by atoms with E-state index >= 15 is 0 Å². The van der Waals surface area contributed by atoms with Crippen molar-refractivity contribution in [2.24, 2.45) is 0 Å². The monoisotopic (exact) mass is 289 g/mol. The molecular formula is C11H15NO6S. The number of rotatable bonds is 7. The van der Waals surface area contributed by atoms with Crippen molar-refractivity contribution < 1.29 is 27.8 Å². The third kappa shape index (κ3) is 3.91. The number of nitrogens with one attached hydrogen (secondary N) is 1. The predicted molar refractivity (Wildman–Crippen MR) is 66.6 cm³/mol. The van der Waals surface area contributed by atoms with Gasteiger partial charge in [0.05, 0.1) is 7.11 Å². The lowest BCUT2D eigenvalue weighted by molar-refractivity contribution is -0.147. The molecule has 1 aromatic rings. The van der Waals surface area contributed by atoms with E-state index in [0.717, 1.165) is 0 Å². The maximum Gasteiger partial charge on any atom is 0.334 e. The molecular weight excluding hydrogens is 274 g/mol. The minimum absolute atomic E-state index is 0.0576. The zero-order valence-electron chi connectivity index (χ0n) is 10.5. The van der Waals surface area contributed by atoms with Crippen molar-refractivity contribution in [3.8, 4) is 5.75 Å². The first-order valence-corrected chi connectivity index (χ1v) is 6.79. The minimum Gasteiger partial charge on any atom is -0.495 e. The summed E-state index contributed by atoms with van der Waals surface area (Å²) in [4.78, 5) is 10.7. The number of carboxylic acids is 1. The van der Waals surface area contributed by atoms with Gasteiger partial charge in [0.2, 0.25) is 10.0 Å². The van der Waals surface area contributed by atoms with Crippen LogP contribution in [0.25, 0.3) is 0 Å². The molecule has 0 aromatic heterocycles. The molecule has 0 saturated carbocycles. The smallest absolute Gasteiger partial charge is 0.334 e. The van der Waals surface area contributed by atoms with Gasteiger partial charge in [-0.05, 0) is 12.1 Å². The molecule has 1 aromatic carbocycles. The van der Waals surface area contributed by atoms with Crippen molar-refractivity contribution in [3.05, 3.63) is 24.3 Å². The van der Waals surface area contributed by atoms with Crippen molar-refractivity contribution in [1.29, 1.82) is 0 Å². The molecule has 0 spiro atoms. The Hall–Kier alpha value is -1.64. The van der Waals surface area contributed by atoms with E-state index in [-0.39, 0.29) is 17.2 Å². The van der Waals surface area contributed by atoms with Gasteiger partial charge in [-0.15, -0.1) is 0 Å². The lowest BCUT2D eigenvalue weighted by atomic mass is 10.3. The van der Waals surface area contributed by atoms with Crippen LogP contribution in [0.15, 0.2) is 29.2 Å². The van der Waals surface area contributed by atoms with Crippen LogP contribution in [-0.2, 0) is 19.6 Å². The van der Waals surface area contributed by atoms with E-state index in [2.05, 4.69) is 9.46 Å². The van der Waals surface area contributed by atoms with Gasteiger partial charge in [-0.2, -0.15) is 0 Å². The number of methoxy groups -OCH3 is 2. The lowest BCUT2D eigenvalue weighted by Gasteiger charge is -2.13. The Labute approximate surface area is 111 Å². The molecule has 19 heavy (non-hydrogen) atoms. The first kappa shape index (κ1) is 15.4. The van der Waals surface area contributed by atoms with Crippen molar-refractivity contribution in [2.45, 2.75) is 11.0 Å². The number of para-hydroxylation sites is 1. The van der Waals surface area contributed by atoms with Crippen molar-refractivity contribution in [1.82, 2.24) is 4.72 Å². The average molecular weight is 289 g/mol.